The lowest BCUT2D eigenvalue weighted by Gasteiger charge is -2.18. The zero-order valence-electron chi connectivity index (χ0n) is 12.9. The molecule has 0 spiro atoms. The number of anilines is 1. The Labute approximate surface area is 125 Å². The van der Waals surface area contributed by atoms with E-state index < -0.39 is 0 Å². The Bertz CT molecular complexity index is 607. The monoisotopic (exact) mass is 289 g/mol. The summed E-state index contributed by atoms with van der Waals surface area (Å²) in [6.07, 6.45) is 2.48. The minimum absolute atomic E-state index is 0.0406. The second kappa shape index (κ2) is 7.08. The van der Waals surface area contributed by atoms with Gasteiger partial charge in [0.2, 0.25) is 5.91 Å². The van der Waals surface area contributed by atoms with E-state index in [-0.39, 0.29) is 5.91 Å². The first-order valence-corrected chi connectivity index (χ1v) is 7.25. The molecular weight excluding hydrogens is 266 g/mol. The molecule has 114 valence electrons. The van der Waals surface area contributed by atoms with Crippen LogP contribution in [0, 0.1) is 0 Å². The lowest BCUT2D eigenvalue weighted by atomic mass is 10.3. The number of hydrogen-bond acceptors (Lipinski definition) is 4. The molecule has 2 N–H and O–H groups in total. The standard InChI is InChI=1S/C15H23N5O/c1-4-17-11-12-15(19(3)10-8-14(21)16-2)18-13-7-5-6-9-20(12)13/h5-7,9,17H,4,8,10-11H2,1-3H3,(H,16,21). The number of carbonyl (C=O) groups is 1. The first-order valence-electron chi connectivity index (χ1n) is 7.25. The van der Waals surface area contributed by atoms with Crippen molar-refractivity contribution in [3.8, 4) is 0 Å². The maximum absolute atomic E-state index is 11.4. The number of rotatable bonds is 7. The number of pyridine rings is 1. The van der Waals surface area contributed by atoms with Crippen molar-refractivity contribution in [3.63, 3.8) is 0 Å². The summed E-state index contributed by atoms with van der Waals surface area (Å²) in [5.74, 6) is 0.963. The fourth-order valence-corrected chi connectivity index (χ4v) is 2.25. The molecule has 0 aliphatic heterocycles. The molecule has 2 aromatic rings. The molecule has 0 atom stereocenters. The minimum atomic E-state index is 0.0406. The molecule has 0 aliphatic carbocycles. The van der Waals surface area contributed by atoms with Gasteiger partial charge in [0.15, 0.2) is 5.82 Å². The third-order valence-electron chi connectivity index (χ3n) is 3.46. The molecule has 0 aromatic carbocycles. The zero-order chi connectivity index (χ0) is 15.2. The molecule has 0 radical (unpaired) electrons. The summed E-state index contributed by atoms with van der Waals surface area (Å²) in [6.45, 7) is 4.38. The fourth-order valence-electron chi connectivity index (χ4n) is 2.25. The van der Waals surface area contributed by atoms with Gasteiger partial charge >= 0.3 is 0 Å². The molecule has 21 heavy (non-hydrogen) atoms. The first-order chi connectivity index (χ1) is 10.2. The van der Waals surface area contributed by atoms with E-state index in [0.717, 1.165) is 30.2 Å². The van der Waals surface area contributed by atoms with E-state index in [2.05, 4.69) is 26.9 Å². The number of nitrogens with zero attached hydrogens (tertiary/aromatic N) is 3. The number of nitrogens with one attached hydrogen (secondary N) is 2. The molecule has 0 unspecified atom stereocenters. The van der Waals surface area contributed by atoms with Gasteiger partial charge in [-0.2, -0.15) is 0 Å². The van der Waals surface area contributed by atoms with Crippen molar-refractivity contribution in [1.29, 1.82) is 0 Å². The smallest absolute Gasteiger partial charge is 0.221 e. The van der Waals surface area contributed by atoms with Gasteiger partial charge in [-0.25, -0.2) is 4.98 Å². The quantitative estimate of drug-likeness (QED) is 0.799. The van der Waals surface area contributed by atoms with Gasteiger partial charge in [-0.15, -0.1) is 0 Å². The molecule has 0 fully saturated rings. The molecular formula is C15H23N5O. The molecule has 2 rings (SSSR count). The average molecular weight is 289 g/mol. The topological polar surface area (TPSA) is 61.7 Å². The highest BCUT2D eigenvalue weighted by molar-refractivity contribution is 5.76. The van der Waals surface area contributed by atoms with Gasteiger partial charge in [-0.05, 0) is 18.7 Å². The molecule has 0 bridgehead atoms. The van der Waals surface area contributed by atoms with Gasteiger partial charge in [-0.1, -0.05) is 13.0 Å². The predicted octanol–water partition coefficient (Wildman–Crippen LogP) is 1.02. The van der Waals surface area contributed by atoms with E-state index in [4.69, 9.17) is 0 Å². The summed E-state index contributed by atoms with van der Waals surface area (Å²) in [7, 11) is 3.63. The van der Waals surface area contributed by atoms with Gasteiger partial charge in [0.25, 0.3) is 0 Å². The summed E-state index contributed by atoms with van der Waals surface area (Å²) in [4.78, 5) is 18.1. The third-order valence-corrected chi connectivity index (χ3v) is 3.46. The Morgan fingerprint density at radius 3 is 2.95 bits per heavy atom. The van der Waals surface area contributed by atoms with Crippen molar-refractivity contribution in [2.75, 3.05) is 32.1 Å². The van der Waals surface area contributed by atoms with E-state index in [1.807, 2.05) is 36.3 Å². The van der Waals surface area contributed by atoms with E-state index in [1.54, 1.807) is 7.05 Å². The summed E-state index contributed by atoms with van der Waals surface area (Å²) in [5, 5.41) is 5.99. The van der Waals surface area contributed by atoms with Gasteiger partial charge in [-0.3, -0.25) is 4.79 Å². The van der Waals surface area contributed by atoms with Crippen LogP contribution in [0.25, 0.3) is 5.65 Å². The van der Waals surface area contributed by atoms with Crippen LogP contribution in [0.1, 0.15) is 19.0 Å². The van der Waals surface area contributed by atoms with Crippen molar-refractivity contribution in [2.45, 2.75) is 19.9 Å². The number of carbonyl (C=O) groups excluding carboxylic acids is 1. The van der Waals surface area contributed by atoms with E-state index in [1.165, 1.54) is 0 Å². The molecule has 1 amide bonds. The maximum atomic E-state index is 11.4. The number of fused-ring (bicyclic) bond motifs is 1. The molecule has 2 heterocycles. The van der Waals surface area contributed by atoms with Crippen LogP contribution in [-0.4, -0.2) is 42.5 Å². The lowest BCUT2D eigenvalue weighted by molar-refractivity contribution is -0.120. The number of aromatic nitrogens is 2. The molecule has 2 aromatic heterocycles. The molecule has 6 heteroatoms. The van der Waals surface area contributed by atoms with Gasteiger partial charge < -0.3 is 19.9 Å². The number of hydrogen-bond donors (Lipinski definition) is 2. The van der Waals surface area contributed by atoms with Crippen molar-refractivity contribution >= 4 is 17.4 Å². The van der Waals surface area contributed by atoms with Gasteiger partial charge in [0.1, 0.15) is 5.65 Å². The van der Waals surface area contributed by atoms with E-state index in [0.29, 0.717) is 13.0 Å². The molecule has 0 saturated heterocycles. The second-order valence-electron chi connectivity index (χ2n) is 4.94. The van der Waals surface area contributed by atoms with Crippen LogP contribution < -0.4 is 15.5 Å². The van der Waals surface area contributed by atoms with Crippen molar-refractivity contribution in [1.82, 2.24) is 20.0 Å². The summed E-state index contributed by atoms with van der Waals surface area (Å²) in [6, 6.07) is 5.97. The first kappa shape index (κ1) is 15.3. The third kappa shape index (κ3) is 3.52. The van der Waals surface area contributed by atoms with Crippen LogP contribution in [-0.2, 0) is 11.3 Å². The minimum Gasteiger partial charge on any atom is -0.359 e. The Morgan fingerprint density at radius 2 is 2.24 bits per heavy atom. The SMILES string of the molecule is CCNCc1c(N(C)CCC(=O)NC)nc2ccccn12. The Kier molecular flexibility index (Phi) is 5.16. The van der Waals surface area contributed by atoms with Gasteiger partial charge in [0, 0.05) is 39.8 Å². The Hall–Kier alpha value is -2.08. The van der Waals surface area contributed by atoms with Crippen LogP contribution in [0.2, 0.25) is 0 Å². The average Bonchev–Trinajstić information content (AvgIpc) is 2.88. The zero-order valence-corrected chi connectivity index (χ0v) is 12.9. The molecule has 0 aliphatic rings. The molecule has 6 nitrogen and oxygen atoms in total. The number of amides is 1. The van der Waals surface area contributed by atoms with Crippen molar-refractivity contribution < 1.29 is 4.79 Å². The van der Waals surface area contributed by atoms with Crippen LogP contribution in [0.3, 0.4) is 0 Å². The van der Waals surface area contributed by atoms with Crippen LogP contribution >= 0.6 is 0 Å². The highest BCUT2D eigenvalue weighted by atomic mass is 16.1. The van der Waals surface area contributed by atoms with Crippen LogP contribution in [0.4, 0.5) is 5.82 Å². The maximum Gasteiger partial charge on any atom is 0.221 e. The summed E-state index contributed by atoms with van der Waals surface area (Å²) in [5.41, 5.74) is 2.04. The second-order valence-corrected chi connectivity index (χ2v) is 4.94. The van der Waals surface area contributed by atoms with E-state index in [9.17, 15) is 4.79 Å². The van der Waals surface area contributed by atoms with Crippen molar-refractivity contribution in [3.05, 3.63) is 30.1 Å². The van der Waals surface area contributed by atoms with Crippen molar-refractivity contribution in [2.24, 2.45) is 0 Å². The lowest BCUT2D eigenvalue weighted by Crippen LogP contribution is -2.27. The highest BCUT2D eigenvalue weighted by Crippen LogP contribution is 2.21. The normalized spacial score (nSPS) is 10.8. The Balaban J connectivity index is 2.26. The van der Waals surface area contributed by atoms with Crippen LogP contribution in [0.5, 0.6) is 0 Å². The van der Waals surface area contributed by atoms with Crippen LogP contribution in [0.15, 0.2) is 24.4 Å². The summed E-state index contributed by atoms with van der Waals surface area (Å²) >= 11 is 0. The summed E-state index contributed by atoms with van der Waals surface area (Å²) < 4.78 is 2.09. The fraction of sp³-hybridized carbons (Fsp3) is 0.467. The van der Waals surface area contributed by atoms with E-state index >= 15 is 0 Å². The van der Waals surface area contributed by atoms with Gasteiger partial charge in [0.05, 0.1) is 5.69 Å². The Morgan fingerprint density at radius 1 is 1.43 bits per heavy atom. The number of imidazole rings is 1. The largest absolute Gasteiger partial charge is 0.359 e. The molecule has 0 saturated carbocycles. The predicted molar refractivity (Wildman–Crippen MR) is 84.5 cm³/mol. The highest BCUT2D eigenvalue weighted by Gasteiger charge is 2.15.